The highest BCUT2D eigenvalue weighted by Crippen LogP contribution is 2.65. The molecule has 2 aliphatic carbocycles. The number of fused-ring (bicyclic) bond motifs is 12. The minimum Gasteiger partial charge on any atom is -0.0619 e. The minimum atomic E-state index is -0.473. The number of benzene rings is 11. The summed E-state index contributed by atoms with van der Waals surface area (Å²) in [6, 6.07) is 73.6. The van der Waals surface area contributed by atoms with Gasteiger partial charge in [-0.2, -0.15) is 0 Å². The molecule has 0 fully saturated rings. The highest BCUT2D eigenvalue weighted by Gasteiger charge is 2.52. The number of rotatable bonds is 2. The van der Waals surface area contributed by atoms with Gasteiger partial charge in [0.1, 0.15) is 0 Å². The second-order valence-corrected chi connectivity index (χ2v) is 15.6. The fourth-order valence-electron chi connectivity index (χ4n) is 10.7. The van der Waals surface area contributed by atoms with Gasteiger partial charge in [-0.15, -0.1) is 0 Å². The molecule has 0 aliphatic heterocycles. The van der Waals surface area contributed by atoms with Crippen molar-refractivity contribution in [2.45, 2.75) is 5.41 Å². The monoisotopic (exact) mass is 692 g/mol. The lowest BCUT2D eigenvalue weighted by Crippen LogP contribution is -2.26. The molecule has 2 aliphatic rings. The number of hydrogen-bond acceptors (Lipinski definition) is 0. The molecule has 11 aromatic rings. The van der Waals surface area contributed by atoms with E-state index in [-0.39, 0.29) is 0 Å². The van der Waals surface area contributed by atoms with Crippen LogP contribution in [-0.2, 0) is 5.41 Å². The smallest absolute Gasteiger partial charge is 0.0619 e. The number of hydrogen-bond donors (Lipinski definition) is 0. The molecule has 0 atom stereocenters. The van der Waals surface area contributed by atoms with E-state index >= 15 is 0 Å². The van der Waals surface area contributed by atoms with Gasteiger partial charge in [0, 0.05) is 0 Å². The highest BCUT2D eigenvalue weighted by atomic mass is 14.5. The van der Waals surface area contributed by atoms with E-state index in [0.717, 1.165) is 0 Å². The predicted molar refractivity (Wildman–Crippen MR) is 232 cm³/mol. The standard InChI is InChI=1S/C55H32/c1-2-11-36-28-41(23-20-33(36)10-1)53-43-15-4-3-12-38(43)32-50-54(53)46-27-26-37(31-49(46)55(50)47-18-7-5-16-44(47)45-17-6-8-19-48(45)55)42-29-39-24-21-34-13-9-14-35-22-25-40(30-42)52(39)51(34)35/h1-32H. The Morgan fingerprint density at radius 3 is 1.55 bits per heavy atom. The molecule has 0 amide bonds. The summed E-state index contributed by atoms with van der Waals surface area (Å²) in [5.41, 5.74) is 15.4. The van der Waals surface area contributed by atoms with Crippen molar-refractivity contribution in [3.05, 3.63) is 216 Å². The van der Waals surface area contributed by atoms with Crippen molar-refractivity contribution in [3.8, 4) is 44.5 Å². The summed E-state index contributed by atoms with van der Waals surface area (Å²) < 4.78 is 0. The molecule has 0 N–H and O–H groups in total. The van der Waals surface area contributed by atoms with Gasteiger partial charge in [-0.3, -0.25) is 0 Å². The van der Waals surface area contributed by atoms with Crippen molar-refractivity contribution in [1.82, 2.24) is 0 Å². The van der Waals surface area contributed by atoms with E-state index in [1.165, 1.54) is 121 Å². The minimum absolute atomic E-state index is 0.473. The third-order valence-corrected chi connectivity index (χ3v) is 12.9. The van der Waals surface area contributed by atoms with Crippen LogP contribution in [0.25, 0.3) is 98.4 Å². The summed E-state index contributed by atoms with van der Waals surface area (Å²) in [5, 5.41) is 13.0. The normalized spacial score (nSPS) is 13.6. The fraction of sp³-hybridized carbons (Fsp3) is 0.0182. The maximum Gasteiger partial charge on any atom is 0.0726 e. The molecule has 0 nitrogen and oxygen atoms in total. The van der Waals surface area contributed by atoms with Crippen LogP contribution in [0, 0.1) is 0 Å². The first-order chi connectivity index (χ1) is 27.3. The molecule has 55 heavy (non-hydrogen) atoms. The van der Waals surface area contributed by atoms with Crippen LogP contribution in [0.2, 0.25) is 0 Å². The van der Waals surface area contributed by atoms with Crippen molar-refractivity contribution < 1.29 is 0 Å². The van der Waals surface area contributed by atoms with Gasteiger partial charge in [-0.25, -0.2) is 0 Å². The molecule has 0 aromatic heterocycles. The molecule has 252 valence electrons. The molecule has 0 saturated carbocycles. The van der Waals surface area contributed by atoms with Gasteiger partial charge >= 0.3 is 0 Å². The lowest BCUT2D eigenvalue weighted by molar-refractivity contribution is 0.795. The van der Waals surface area contributed by atoms with E-state index in [1.807, 2.05) is 0 Å². The molecule has 0 heterocycles. The first-order valence-electron chi connectivity index (χ1n) is 19.3. The Kier molecular flexibility index (Phi) is 5.65. The van der Waals surface area contributed by atoms with Crippen molar-refractivity contribution in [2.24, 2.45) is 0 Å². The lowest BCUT2D eigenvalue weighted by Gasteiger charge is -2.31. The van der Waals surface area contributed by atoms with Gasteiger partial charge in [0.2, 0.25) is 0 Å². The molecule has 0 unspecified atom stereocenters. The molecule has 0 radical (unpaired) electrons. The van der Waals surface area contributed by atoms with E-state index < -0.39 is 5.41 Å². The van der Waals surface area contributed by atoms with Crippen LogP contribution in [0.5, 0.6) is 0 Å². The second kappa shape index (κ2) is 10.6. The third kappa shape index (κ3) is 3.76. The third-order valence-electron chi connectivity index (χ3n) is 12.9. The Bertz CT molecular complexity index is 3320. The van der Waals surface area contributed by atoms with Crippen LogP contribution in [0.1, 0.15) is 22.3 Å². The zero-order chi connectivity index (χ0) is 35.8. The van der Waals surface area contributed by atoms with Crippen LogP contribution in [0.4, 0.5) is 0 Å². The molecule has 0 saturated heterocycles. The molecular weight excluding hydrogens is 661 g/mol. The second-order valence-electron chi connectivity index (χ2n) is 15.6. The van der Waals surface area contributed by atoms with Crippen molar-refractivity contribution in [1.29, 1.82) is 0 Å². The summed E-state index contributed by atoms with van der Waals surface area (Å²) in [5.74, 6) is 0. The van der Waals surface area contributed by atoms with Crippen molar-refractivity contribution >= 4 is 53.9 Å². The maximum atomic E-state index is 2.54. The largest absolute Gasteiger partial charge is 0.0726 e. The van der Waals surface area contributed by atoms with Gasteiger partial charge in [-0.05, 0) is 151 Å². The van der Waals surface area contributed by atoms with Gasteiger partial charge in [0.05, 0.1) is 5.41 Å². The zero-order valence-corrected chi connectivity index (χ0v) is 30.0. The Hall–Kier alpha value is -7.02. The first-order valence-corrected chi connectivity index (χ1v) is 19.3. The Labute approximate surface area is 318 Å². The van der Waals surface area contributed by atoms with Crippen LogP contribution in [0.15, 0.2) is 194 Å². The van der Waals surface area contributed by atoms with E-state index in [9.17, 15) is 0 Å². The summed E-state index contributed by atoms with van der Waals surface area (Å²) in [4.78, 5) is 0. The fourth-order valence-corrected chi connectivity index (χ4v) is 10.7. The maximum absolute atomic E-state index is 2.54. The van der Waals surface area contributed by atoms with E-state index in [0.29, 0.717) is 0 Å². The van der Waals surface area contributed by atoms with E-state index in [1.54, 1.807) is 0 Å². The highest BCUT2D eigenvalue weighted by molar-refractivity contribution is 6.24. The Balaban J connectivity index is 1.16. The van der Waals surface area contributed by atoms with Crippen LogP contribution in [0.3, 0.4) is 0 Å². The molecule has 0 bridgehead atoms. The van der Waals surface area contributed by atoms with Gasteiger partial charge in [0.15, 0.2) is 0 Å². The summed E-state index contributed by atoms with van der Waals surface area (Å²) >= 11 is 0. The van der Waals surface area contributed by atoms with Gasteiger partial charge in [-0.1, -0.05) is 164 Å². The summed E-state index contributed by atoms with van der Waals surface area (Å²) in [6.45, 7) is 0. The SMILES string of the molecule is c1ccc2c(c1)-c1ccccc1C21c2cc(-c3cc4ccc5cccc6ccc(c3)c4c56)ccc2-c2c1cc1ccccc1c2-c1ccc2ccccc2c1. The van der Waals surface area contributed by atoms with E-state index in [4.69, 9.17) is 0 Å². The first kappa shape index (κ1) is 29.4. The van der Waals surface area contributed by atoms with E-state index in [2.05, 4.69) is 194 Å². The molecule has 13 rings (SSSR count). The quantitative estimate of drug-likeness (QED) is 0.158. The average molecular weight is 693 g/mol. The van der Waals surface area contributed by atoms with Crippen LogP contribution >= 0.6 is 0 Å². The predicted octanol–water partition coefficient (Wildman–Crippen LogP) is 14.6. The van der Waals surface area contributed by atoms with Gasteiger partial charge < -0.3 is 0 Å². The summed E-state index contributed by atoms with van der Waals surface area (Å²) in [7, 11) is 0. The topological polar surface area (TPSA) is 0 Å². The Morgan fingerprint density at radius 2 is 0.800 bits per heavy atom. The zero-order valence-electron chi connectivity index (χ0n) is 30.0. The molecular formula is C55H32. The summed E-state index contributed by atoms with van der Waals surface area (Å²) in [6.07, 6.45) is 0. The molecule has 11 aromatic carbocycles. The van der Waals surface area contributed by atoms with Crippen LogP contribution < -0.4 is 0 Å². The van der Waals surface area contributed by atoms with Crippen molar-refractivity contribution in [2.75, 3.05) is 0 Å². The molecule has 1 spiro atoms. The lowest BCUT2D eigenvalue weighted by atomic mass is 9.69. The van der Waals surface area contributed by atoms with Crippen LogP contribution in [-0.4, -0.2) is 0 Å². The average Bonchev–Trinajstić information content (AvgIpc) is 3.71. The Morgan fingerprint density at radius 1 is 0.255 bits per heavy atom. The molecule has 0 heteroatoms. The van der Waals surface area contributed by atoms with Crippen molar-refractivity contribution in [3.63, 3.8) is 0 Å². The van der Waals surface area contributed by atoms with Gasteiger partial charge in [0.25, 0.3) is 0 Å².